The van der Waals surface area contributed by atoms with Crippen LogP contribution in [0, 0.1) is 0 Å². The van der Waals surface area contributed by atoms with E-state index < -0.39 is 5.97 Å². The summed E-state index contributed by atoms with van der Waals surface area (Å²) >= 11 is 0. The predicted molar refractivity (Wildman–Crippen MR) is 129 cm³/mol. The minimum Gasteiger partial charge on any atom is -0.460 e. The van der Waals surface area contributed by atoms with Crippen LogP contribution in [0.4, 0.5) is 0 Å². The highest BCUT2D eigenvalue weighted by Gasteiger charge is 2.03. The van der Waals surface area contributed by atoms with Crippen molar-refractivity contribution in [3.05, 3.63) is 108 Å². The van der Waals surface area contributed by atoms with Crippen molar-refractivity contribution in [2.24, 2.45) is 0 Å². The van der Waals surface area contributed by atoms with Gasteiger partial charge in [0.05, 0.1) is 19.8 Å². The topological polar surface area (TPSA) is 55.8 Å². The Morgan fingerprint density at radius 2 is 1.25 bits per heavy atom. The molecule has 32 heavy (non-hydrogen) atoms. The van der Waals surface area contributed by atoms with Crippen LogP contribution < -0.4 is 0 Å². The summed E-state index contributed by atoms with van der Waals surface area (Å²) in [5.41, 5.74) is 2.83. The fourth-order valence-electron chi connectivity index (χ4n) is 3.37. The molecule has 4 nitrogen and oxygen atoms in total. The molecule has 0 atom stereocenters. The van der Waals surface area contributed by atoms with Gasteiger partial charge in [0.15, 0.2) is 0 Å². The number of carbonyl (C=O) groups excluding carboxylic acids is 1. The number of aliphatic hydroxyl groups is 1. The normalized spacial score (nSPS) is 10.4. The maximum Gasteiger partial charge on any atom is 0.333 e. The summed E-state index contributed by atoms with van der Waals surface area (Å²) in [5.74, 6) is -0.455. The summed E-state index contributed by atoms with van der Waals surface area (Å²) in [7, 11) is 0. The second kappa shape index (κ2) is 11.8. The molecule has 0 saturated heterocycles. The first-order chi connectivity index (χ1) is 15.6. The lowest BCUT2D eigenvalue weighted by Gasteiger charge is -2.10. The highest BCUT2D eigenvalue weighted by atomic mass is 16.5. The zero-order valence-electron chi connectivity index (χ0n) is 18.3. The molecule has 1 N–H and O–H groups in total. The molecule has 0 fully saturated rings. The third-order valence-electron chi connectivity index (χ3n) is 4.95. The van der Waals surface area contributed by atoms with Crippen molar-refractivity contribution in [3.8, 4) is 0 Å². The number of hydrogen-bond acceptors (Lipinski definition) is 4. The largest absolute Gasteiger partial charge is 0.460 e. The van der Waals surface area contributed by atoms with E-state index in [2.05, 4.69) is 96.2 Å². The predicted octanol–water partition coefficient (Wildman–Crippen LogP) is 5.81. The molecule has 0 unspecified atom stereocenters. The van der Waals surface area contributed by atoms with Gasteiger partial charge in [0, 0.05) is 5.57 Å². The van der Waals surface area contributed by atoms with Gasteiger partial charge in [-0.15, -0.1) is 0 Å². The van der Waals surface area contributed by atoms with E-state index in [0.717, 1.165) is 0 Å². The van der Waals surface area contributed by atoms with Crippen molar-refractivity contribution in [1.29, 1.82) is 0 Å². The van der Waals surface area contributed by atoms with E-state index in [1.807, 2.05) is 0 Å². The van der Waals surface area contributed by atoms with Crippen molar-refractivity contribution in [2.45, 2.75) is 20.1 Å². The minimum atomic E-state index is -0.455. The molecular weight excluding hydrogens is 400 g/mol. The molecule has 0 aliphatic rings. The first-order valence-corrected chi connectivity index (χ1v) is 10.5. The molecule has 4 rings (SSSR count). The third kappa shape index (κ3) is 6.27. The number of hydrogen-bond donors (Lipinski definition) is 1. The summed E-state index contributed by atoms with van der Waals surface area (Å²) < 4.78 is 10.5. The van der Waals surface area contributed by atoms with Crippen molar-refractivity contribution in [1.82, 2.24) is 0 Å². The molecule has 0 spiro atoms. The molecule has 0 heterocycles. The van der Waals surface area contributed by atoms with Gasteiger partial charge in [0.1, 0.15) is 6.61 Å². The van der Waals surface area contributed by atoms with E-state index in [4.69, 9.17) is 9.84 Å². The van der Waals surface area contributed by atoms with Crippen molar-refractivity contribution < 1.29 is 19.4 Å². The Hall–Kier alpha value is -3.47. The van der Waals surface area contributed by atoms with E-state index in [-0.39, 0.29) is 13.2 Å². The summed E-state index contributed by atoms with van der Waals surface area (Å²) in [5, 5.41) is 13.3. The highest BCUT2D eigenvalue weighted by Crippen LogP contribution is 2.22. The molecule has 0 aliphatic heterocycles. The Balaban J connectivity index is 0.000000275. The van der Waals surface area contributed by atoms with Crippen LogP contribution in [0.2, 0.25) is 0 Å². The summed E-state index contributed by atoms with van der Waals surface area (Å²) in [6.45, 7) is 6.07. The molecule has 4 aromatic carbocycles. The van der Waals surface area contributed by atoms with Crippen LogP contribution >= 0.6 is 0 Å². The maximum absolute atomic E-state index is 10.5. The summed E-state index contributed by atoms with van der Waals surface area (Å²) in [4.78, 5) is 10.5. The van der Waals surface area contributed by atoms with Crippen molar-refractivity contribution in [3.63, 3.8) is 0 Å². The average molecular weight is 429 g/mol. The molecule has 0 radical (unpaired) electrons. The highest BCUT2D eigenvalue weighted by molar-refractivity contribution is 5.87. The second-order valence-electron chi connectivity index (χ2n) is 7.41. The lowest BCUT2D eigenvalue weighted by Crippen LogP contribution is -2.08. The summed E-state index contributed by atoms with van der Waals surface area (Å²) in [6, 6.07) is 29.7. The first kappa shape index (κ1) is 23.2. The second-order valence-corrected chi connectivity index (χ2v) is 7.41. The Morgan fingerprint density at radius 1 is 0.781 bits per heavy atom. The van der Waals surface area contributed by atoms with E-state index >= 15 is 0 Å². The SMILES string of the molecule is C=C(C)C(=O)OCCO.c1ccc2c(COCc3cccc4ccccc34)cccc2c1. The molecule has 0 bridgehead atoms. The van der Waals surface area contributed by atoms with Crippen molar-refractivity contribution >= 4 is 27.5 Å². The van der Waals surface area contributed by atoms with Gasteiger partial charge in [-0.1, -0.05) is 91.5 Å². The number of ether oxygens (including phenoxy) is 2. The molecule has 164 valence electrons. The lowest BCUT2D eigenvalue weighted by atomic mass is 10.0. The van der Waals surface area contributed by atoms with Crippen LogP contribution in [0.25, 0.3) is 21.5 Å². The number of rotatable bonds is 7. The van der Waals surface area contributed by atoms with Gasteiger partial charge < -0.3 is 14.6 Å². The van der Waals surface area contributed by atoms with Crippen LogP contribution in [0.1, 0.15) is 18.1 Å². The van der Waals surface area contributed by atoms with E-state index in [9.17, 15) is 4.79 Å². The Kier molecular flexibility index (Phi) is 8.55. The van der Waals surface area contributed by atoms with Gasteiger partial charge >= 0.3 is 5.97 Å². The number of benzene rings is 4. The van der Waals surface area contributed by atoms with Gasteiger partial charge in [-0.05, 0) is 39.6 Å². The number of esters is 1. The minimum absolute atomic E-state index is 0.0473. The van der Waals surface area contributed by atoms with Crippen LogP contribution in [-0.2, 0) is 27.5 Å². The van der Waals surface area contributed by atoms with Crippen LogP contribution in [-0.4, -0.2) is 24.3 Å². The van der Waals surface area contributed by atoms with Gasteiger partial charge in [-0.25, -0.2) is 4.79 Å². The Morgan fingerprint density at radius 3 is 1.72 bits per heavy atom. The fraction of sp³-hybridized carbons (Fsp3) is 0.179. The van der Waals surface area contributed by atoms with Crippen molar-refractivity contribution in [2.75, 3.05) is 13.2 Å². The molecule has 4 heteroatoms. The van der Waals surface area contributed by atoms with E-state index in [1.54, 1.807) is 6.92 Å². The first-order valence-electron chi connectivity index (χ1n) is 10.5. The van der Waals surface area contributed by atoms with Gasteiger partial charge in [-0.2, -0.15) is 0 Å². The zero-order chi connectivity index (χ0) is 22.8. The summed E-state index contributed by atoms with van der Waals surface area (Å²) in [6.07, 6.45) is 0. The number of fused-ring (bicyclic) bond motifs is 2. The monoisotopic (exact) mass is 428 g/mol. The van der Waals surface area contributed by atoms with E-state index in [0.29, 0.717) is 18.8 Å². The number of carbonyl (C=O) groups is 1. The molecule has 0 aromatic heterocycles. The lowest BCUT2D eigenvalue weighted by molar-refractivity contribution is -0.139. The quantitative estimate of drug-likeness (QED) is 0.298. The smallest absolute Gasteiger partial charge is 0.333 e. The maximum atomic E-state index is 10.5. The van der Waals surface area contributed by atoms with Gasteiger partial charge in [-0.3, -0.25) is 0 Å². The standard InChI is InChI=1S/C22H18O.C6H10O3/c1-3-13-21-17(7-1)9-5-11-19(21)15-23-16-20-12-6-10-18-8-2-4-14-22(18)20;1-5(2)6(8)9-4-3-7/h1-14H,15-16H2;7H,1,3-4H2,2H3. The van der Waals surface area contributed by atoms with Crippen LogP contribution in [0.15, 0.2) is 97.1 Å². The van der Waals surface area contributed by atoms with E-state index in [1.165, 1.54) is 32.7 Å². The molecule has 0 amide bonds. The Labute approximate surface area is 188 Å². The van der Waals surface area contributed by atoms with Crippen LogP contribution in [0.3, 0.4) is 0 Å². The Bertz CT molecular complexity index is 1110. The van der Waals surface area contributed by atoms with Crippen LogP contribution in [0.5, 0.6) is 0 Å². The van der Waals surface area contributed by atoms with Gasteiger partial charge in [0.25, 0.3) is 0 Å². The van der Waals surface area contributed by atoms with Gasteiger partial charge in [0.2, 0.25) is 0 Å². The zero-order valence-corrected chi connectivity index (χ0v) is 18.3. The molecule has 4 aromatic rings. The third-order valence-corrected chi connectivity index (χ3v) is 4.95. The molecular formula is C28H28O4. The molecule has 0 saturated carbocycles. The fourth-order valence-corrected chi connectivity index (χ4v) is 3.37. The molecule has 0 aliphatic carbocycles. The average Bonchev–Trinajstić information content (AvgIpc) is 2.83. The number of aliphatic hydroxyl groups excluding tert-OH is 1.